The molecule has 4 nitrogen and oxygen atoms in total. The minimum atomic E-state index is -0.924. The van der Waals surface area contributed by atoms with Crippen LogP contribution in [0.3, 0.4) is 0 Å². The third-order valence-electron chi connectivity index (χ3n) is 3.05. The Kier molecular flexibility index (Phi) is 7.73. The molecule has 0 saturated heterocycles. The topological polar surface area (TPSA) is 49.8 Å². The number of ether oxygens (including phenoxy) is 1. The van der Waals surface area contributed by atoms with Gasteiger partial charge in [0.2, 0.25) is 0 Å². The molecule has 0 amide bonds. The lowest BCUT2D eigenvalue weighted by molar-refractivity contribution is 0.0696. The normalized spacial score (nSPS) is 10.8. The summed E-state index contributed by atoms with van der Waals surface area (Å²) in [5.41, 5.74) is 0.265. The first kappa shape index (κ1) is 16.5. The van der Waals surface area contributed by atoms with Gasteiger partial charge in [0.05, 0.1) is 12.2 Å². The van der Waals surface area contributed by atoms with Crippen LogP contribution in [-0.2, 0) is 0 Å². The van der Waals surface area contributed by atoms with Crippen LogP contribution in [0.4, 0.5) is 0 Å². The first-order chi connectivity index (χ1) is 9.67. The molecule has 0 aromatic heterocycles. The van der Waals surface area contributed by atoms with Crippen LogP contribution >= 0.6 is 0 Å². The monoisotopic (exact) mass is 279 g/mol. The van der Waals surface area contributed by atoms with Gasteiger partial charge in [0, 0.05) is 6.54 Å². The van der Waals surface area contributed by atoms with Crippen LogP contribution in [0.2, 0.25) is 0 Å². The molecule has 1 rings (SSSR count). The molecule has 0 heterocycles. The van der Waals surface area contributed by atoms with E-state index in [-0.39, 0.29) is 5.56 Å². The second kappa shape index (κ2) is 9.37. The average Bonchev–Trinajstić information content (AvgIpc) is 2.44. The zero-order valence-corrected chi connectivity index (χ0v) is 12.5. The van der Waals surface area contributed by atoms with Crippen molar-refractivity contribution in [1.82, 2.24) is 4.90 Å². The lowest BCUT2D eigenvalue weighted by Gasteiger charge is -2.20. The van der Waals surface area contributed by atoms with E-state index < -0.39 is 5.97 Å². The van der Waals surface area contributed by atoms with E-state index in [1.165, 1.54) is 12.8 Å². The van der Waals surface area contributed by atoms with Crippen LogP contribution in [0, 0.1) is 0 Å². The molecule has 20 heavy (non-hydrogen) atoms. The number of carboxylic acid groups (broad SMARTS) is 1. The maximum absolute atomic E-state index is 10.9. The number of hydrogen-bond acceptors (Lipinski definition) is 3. The maximum atomic E-state index is 10.9. The maximum Gasteiger partial charge on any atom is 0.335 e. The van der Waals surface area contributed by atoms with Gasteiger partial charge in [-0.15, -0.1) is 0 Å². The van der Waals surface area contributed by atoms with Gasteiger partial charge in [0.25, 0.3) is 0 Å². The van der Waals surface area contributed by atoms with Gasteiger partial charge in [-0.05, 0) is 50.6 Å². The predicted molar refractivity (Wildman–Crippen MR) is 80.5 cm³/mol. The summed E-state index contributed by atoms with van der Waals surface area (Å²) in [6.45, 7) is 8.28. The summed E-state index contributed by atoms with van der Waals surface area (Å²) >= 11 is 0. The summed E-state index contributed by atoms with van der Waals surface area (Å²) in [5.74, 6) is -0.296. The smallest absolute Gasteiger partial charge is 0.335 e. The van der Waals surface area contributed by atoms with Gasteiger partial charge in [-0.25, -0.2) is 4.79 Å². The second-order valence-corrected chi connectivity index (χ2v) is 4.88. The fourth-order valence-electron chi connectivity index (χ4n) is 2.16. The molecule has 1 aromatic rings. The predicted octanol–water partition coefficient (Wildman–Crippen LogP) is 3.28. The number of aromatic carboxylic acids is 1. The van der Waals surface area contributed by atoms with Gasteiger partial charge in [-0.3, -0.25) is 0 Å². The van der Waals surface area contributed by atoms with E-state index in [0.717, 1.165) is 26.1 Å². The van der Waals surface area contributed by atoms with E-state index in [4.69, 9.17) is 9.84 Å². The van der Waals surface area contributed by atoms with E-state index in [0.29, 0.717) is 12.4 Å². The molecule has 0 aliphatic carbocycles. The van der Waals surface area contributed by atoms with Crippen molar-refractivity contribution >= 4 is 5.97 Å². The van der Waals surface area contributed by atoms with E-state index in [1.807, 2.05) is 0 Å². The molecule has 0 spiro atoms. The molecule has 1 aromatic carbocycles. The van der Waals surface area contributed by atoms with Crippen LogP contribution in [0.25, 0.3) is 0 Å². The van der Waals surface area contributed by atoms with Crippen molar-refractivity contribution in [2.75, 3.05) is 26.2 Å². The molecule has 0 aliphatic heterocycles. The number of carboxylic acids is 1. The number of nitrogens with zero attached hydrogens (tertiary/aromatic N) is 1. The Balaban J connectivity index is 2.33. The Morgan fingerprint density at radius 1 is 1.20 bits per heavy atom. The number of rotatable bonds is 10. The van der Waals surface area contributed by atoms with Crippen LogP contribution in [0.15, 0.2) is 24.3 Å². The summed E-state index contributed by atoms with van der Waals surface area (Å²) in [6, 6.07) is 6.64. The van der Waals surface area contributed by atoms with Crippen LogP contribution in [0.1, 0.15) is 43.5 Å². The van der Waals surface area contributed by atoms with Crippen molar-refractivity contribution in [2.24, 2.45) is 0 Å². The second-order valence-electron chi connectivity index (χ2n) is 4.88. The van der Waals surface area contributed by atoms with Crippen molar-refractivity contribution < 1.29 is 14.6 Å². The fourth-order valence-corrected chi connectivity index (χ4v) is 2.16. The molecule has 0 bridgehead atoms. The van der Waals surface area contributed by atoms with Crippen molar-refractivity contribution in [3.8, 4) is 5.75 Å². The highest BCUT2D eigenvalue weighted by molar-refractivity contribution is 5.87. The highest BCUT2D eigenvalue weighted by Crippen LogP contribution is 2.13. The molecule has 112 valence electrons. The molecule has 0 atom stereocenters. The number of hydrogen-bond donors (Lipinski definition) is 1. The van der Waals surface area contributed by atoms with Gasteiger partial charge in [0.15, 0.2) is 0 Å². The van der Waals surface area contributed by atoms with E-state index in [9.17, 15) is 4.79 Å². The molecular weight excluding hydrogens is 254 g/mol. The Bertz CT molecular complexity index is 400. The summed E-state index contributed by atoms with van der Waals surface area (Å²) in [5, 5.41) is 8.91. The Labute approximate surface area is 121 Å². The standard InChI is InChI=1S/C16H25NO3/c1-3-9-17(10-4-2)11-6-12-20-15-8-5-7-14(13-15)16(18)19/h5,7-8,13H,3-4,6,9-12H2,1-2H3,(H,18,19). The van der Waals surface area contributed by atoms with Gasteiger partial charge >= 0.3 is 5.97 Å². The van der Waals surface area contributed by atoms with E-state index >= 15 is 0 Å². The van der Waals surface area contributed by atoms with Crippen LogP contribution in [-0.4, -0.2) is 42.2 Å². The minimum absolute atomic E-state index is 0.265. The molecule has 0 unspecified atom stereocenters. The average molecular weight is 279 g/mol. The zero-order chi connectivity index (χ0) is 14.8. The summed E-state index contributed by atoms with van der Waals surface area (Å²) in [4.78, 5) is 13.3. The Morgan fingerprint density at radius 3 is 2.50 bits per heavy atom. The van der Waals surface area contributed by atoms with Crippen molar-refractivity contribution in [3.63, 3.8) is 0 Å². The minimum Gasteiger partial charge on any atom is -0.494 e. The lowest BCUT2D eigenvalue weighted by Crippen LogP contribution is -2.27. The summed E-state index contributed by atoms with van der Waals surface area (Å²) in [6.07, 6.45) is 3.29. The highest BCUT2D eigenvalue weighted by atomic mass is 16.5. The van der Waals surface area contributed by atoms with Gasteiger partial charge in [0.1, 0.15) is 5.75 Å². The molecule has 0 fully saturated rings. The van der Waals surface area contributed by atoms with E-state index in [2.05, 4.69) is 18.7 Å². The lowest BCUT2D eigenvalue weighted by atomic mass is 10.2. The third-order valence-corrected chi connectivity index (χ3v) is 3.05. The van der Waals surface area contributed by atoms with Crippen LogP contribution in [0.5, 0.6) is 5.75 Å². The fraction of sp³-hybridized carbons (Fsp3) is 0.562. The molecule has 1 N–H and O–H groups in total. The molecule has 0 radical (unpaired) electrons. The van der Waals surface area contributed by atoms with Gasteiger partial charge < -0.3 is 14.7 Å². The zero-order valence-electron chi connectivity index (χ0n) is 12.5. The first-order valence-corrected chi connectivity index (χ1v) is 7.35. The number of carbonyl (C=O) groups is 1. The largest absolute Gasteiger partial charge is 0.494 e. The Hall–Kier alpha value is -1.55. The first-order valence-electron chi connectivity index (χ1n) is 7.35. The highest BCUT2D eigenvalue weighted by Gasteiger charge is 2.05. The van der Waals surface area contributed by atoms with Crippen molar-refractivity contribution in [2.45, 2.75) is 33.1 Å². The quantitative estimate of drug-likeness (QED) is 0.668. The molecule has 0 aliphatic rings. The van der Waals surface area contributed by atoms with Crippen molar-refractivity contribution in [1.29, 1.82) is 0 Å². The number of benzene rings is 1. The third kappa shape index (κ3) is 6.06. The van der Waals surface area contributed by atoms with Gasteiger partial charge in [-0.2, -0.15) is 0 Å². The van der Waals surface area contributed by atoms with E-state index in [1.54, 1.807) is 24.3 Å². The summed E-state index contributed by atoms with van der Waals surface area (Å²) in [7, 11) is 0. The molecular formula is C16H25NO3. The van der Waals surface area contributed by atoms with Crippen molar-refractivity contribution in [3.05, 3.63) is 29.8 Å². The van der Waals surface area contributed by atoms with Crippen LogP contribution < -0.4 is 4.74 Å². The molecule has 0 saturated carbocycles. The SMILES string of the molecule is CCCN(CCC)CCCOc1cccc(C(=O)O)c1. The van der Waals surface area contributed by atoms with Gasteiger partial charge in [-0.1, -0.05) is 19.9 Å². The Morgan fingerprint density at radius 2 is 1.90 bits per heavy atom. The molecule has 4 heteroatoms. The summed E-state index contributed by atoms with van der Waals surface area (Å²) < 4.78 is 5.61.